The topological polar surface area (TPSA) is 58.4 Å². The van der Waals surface area contributed by atoms with Gasteiger partial charge in [-0.3, -0.25) is 14.3 Å². The Kier molecular flexibility index (Phi) is 5.90. The van der Waals surface area contributed by atoms with Crippen molar-refractivity contribution in [3.8, 4) is 10.6 Å². The largest absolute Gasteiger partial charge is 0.339 e. The Morgan fingerprint density at radius 3 is 2.44 bits per heavy atom. The van der Waals surface area contributed by atoms with Gasteiger partial charge in [0.05, 0.1) is 11.4 Å². The van der Waals surface area contributed by atoms with Gasteiger partial charge in [-0.15, -0.1) is 11.3 Å². The van der Waals surface area contributed by atoms with E-state index in [1.807, 2.05) is 56.4 Å². The molecule has 1 saturated carbocycles. The Morgan fingerprint density at radius 1 is 1.00 bits per heavy atom. The van der Waals surface area contributed by atoms with Gasteiger partial charge in [-0.25, -0.2) is 0 Å². The second-order valence-corrected chi connectivity index (χ2v) is 9.30. The predicted molar refractivity (Wildman–Crippen MR) is 126 cm³/mol. The Labute approximate surface area is 191 Å². The van der Waals surface area contributed by atoms with Crippen LogP contribution in [0.4, 0.5) is 0 Å². The van der Waals surface area contributed by atoms with E-state index >= 15 is 0 Å². The molecule has 0 spiro atoms. The SMILES string of the molecule is O=C(/C=C/c1cn(Cc2ccccc2)nc1-c1cccs1)N1CCN(C(=O)C2CC2)CC1. The molecule has 1 aromatic carbocycles. The minimum atomic E-state index is -0.0172. The molecule has 6 nitrogen and oxygen atoms in total. The second-order valence-electron chi connectivity index (χ2n) is 8.35. The molecule has 0 N–H and O–H groups in total. The van der Waals surface area contributed by atoms with Crippen LogP contribution in [0.3, 0.4) is 0 Å². The Morgan fingerprint density at radius 2 is 1.75 bits per heavy atom. The molecule has 1 aliphatic carbocycles. The molecular formula is C25H26N4O2S. The lowest BCUT2D eigenvalue weighted by Gasteiger charge is -2.34. The number of benzene rings is 1. The Bertz CT molecular complexity index is 1110. The van der Waals surface area contributed by atoms with E-state index in [9.17, 15) is 9.59 Å². The third-order valence-electron chi connectivity index (χ3n) is 5.97. The number of aromatic nitrogens is 2. The Balaban J connectivity index is 1.28. The molecule has 1 saturated heterocycles. The normalized spacial score (nSPS) is 16.6. The summed E-state index contributed by atoms with van der Waals surface area (Å²) in [5.41, 5.74) is 3.00. The lowest BCUT2D eigenvalue weighted by atomic mass is 10.2. The number of carbonyl (C=O) groups excluding carboxylic acids is 2. The molecule has 2 amide bonds. The first-order valence-electron chi connectivity index (χ1n) is 11.1. The zero-order valence-corrected chi connectivity index (χ0v) is 18.7. The van der Waals surface area contributed by atoms with Gasteiger partial charge >= 0.3 is 0 Å². The van der Waals surface area contributed by atoms with E-state index in [-0.39, 0.29) is 17.7 Å². The summed E-state index contributed by atoms with van der Waals surface area (Å²) in [6.45, 7) is 3.12. The van der Waals surface area contributed by atoms with Crippen LogP contribution in [0.2, 0.25) is 0 Å². The van der Waals surface area contributed by atoms with E-state index in [1.54, 1.807) is 17.4 Å². The minimum absolute atomic E-state index is 0.0172. The maximum Gasteiger partial charge on any atom is 0.246 e. The van der Waals surface area contributed by atoms with Gasteiger partial charge in [0, 0.05) is 49.9 Å². The summed E-state index contributed by atoms with van der Waals surface area (Å²) in [5.74, 6) is 0.482. The Hall–Kier alpha value is -3.19. The third kappa shape index (κ3) is 4.67. The van der Waals surface area contributed by atoms with E-state index in [0.29, 0.717) is 32.7 Å². The molecule has 0 unspecified atom stereocenters. The molecule has 0 radical (unpaired) electrons. The van der Waals surface area contributed by atoms with Crippen molar-refractivity contribution in [3.05, 3.63) is 71.2 Å². The van der Waals surface area contributed by atoms with E-state index in [2.05, 4.69) is 18.2 Å². The van der Waals surface area contributed by atoms with Crippen molar-refractivity contribution in [1.82, 2.24) is 19.6 Å². The van der Waals surface area contributed by atoms with Crippen LogP contribution in [0.5, 0.6) is 0 Å². The molecule has 2 aromatic heterocycles. The summed E-state index contributed by atoms with van der Waals surface area (Å²) in [6, 6.07) is 14.3. The van der Waals surface area contributed by atoms with Crippen molar-refractivity contribution in [1.29, 1.82) is 0 Å². The van der Waals surface area contributed by atoms with Crippen LogP contribution in [0.25, 0.3) is 16.6 Å². The summed E-state index contributed by atoms with van der Waals surface area (Å²) >= 11 is 1.64. The molecule has 164 valence electrons. The summed E-state index contributed by atoms with van der Waals surface area (Å²) in [7, 11) is 0. The van der Waals surface area contributed by atoms with Gasteiger partial charge in [-0.1, -0.05) is 36.4 Å². The molecule has 2 fully saturated rings. The molecule has 0 atom stereocenters. The third-order valence-corrected chi connectivity index (χ3v) is 6.84. The van der Waals surface area contributed by atoms with Gasteiger partial charge in [0.25, 0.3) is 0 Å². The number of hydrogen-bond acceptors (Lipinski definition) is 4. The van der Waals surface area contributed by atoms with Crippen molar-refractivity contribution in [2.24, 2.45) is 5.92 Å². The summed E-state index contributed by atoms with van der Waals surface area (Å²) in [4.78, 5) is 29.8. The van der Waals surface area contributed by atoms with Gasteiger partial charge in [0.1, 0.15) is 5.69 Å². The van der Waals surface area contributed by atoms with E-state index < -0.39 is 0 Å². The van der Waals surface area contributed by atoms with Crippen LogP contribution >= 0.6 is 11.3 Å². The first kappa shape index (κ1) is 20.7. The van der Waals surface area contributed by atoms with Gasteiger partial charge in [-0.2, -0.15) is 5.10 Å². The first-order valence-corrected chi connectivity index (χ1v) is 12.0. The molecule has 1 aliphatic heterocycles. The maximum atomic E-state index is 12.8. The van der Waals surface area contributed by atoms with E-state index in [4.69, 9.17) is 5.10 Å². The number of piperazine rings is 1. The van der Waals surface area contributed by atoms with Gasteiger partial charge in [0.2, 0.25) is 11.8 Å². The molecular weight excluding hydrogens is 420 g/mol. The highest BCUT2D eigenvalue weighted by Gasteiger charge is 2.34. The van der Waals surface area contributed by atoms with Crippen LogP contribution in [0.15, 0.2) is 60.1 Å². The van der Waals surface area contributed by atoms with Gasteiger partial charge in [0.15, 0.2) is 0 Å². The van der Waals surface area contributed by atoms with Crippen molar-refractivity contribution in [2.45, 2.75) is 19.4 Å². The van der Waals surface area contributed by atoms with Crippen LogP contribution < -0.4 is 0 Å². The number of rotatable bonds is 6. The zero-order valence-electron chi connectivity index (χ0n) is 17.9. The van der Waals surface area contributed by atoms with Crippen molar-refractivity contribution in [2.75, 3.05) is 26.2 Å². The molecule has 7 heteroatoms. The molecule has 5 rings (SSSR count). The van der Waals surface area contributed by atoms with Crippen LogP contribution in [-0.4, -0.2) is 57.6 Å². The van der Waals surface area contributed by atoms with Crippen molar-refractivity contribution >= 4 is 29.2 Å². The molecule has 32 heavy (non-hydrogen) atoms. The highest BCUT2D eigenvalue weighted by molar-refractivity contribution is 7.13. The summed E-state index contributed by atoms with van der Waals surface area (Å²) in [6.07, 6.45) is 7.54. The van der Waals surface area contributed by atoms with Crippen LogP contribution in [0.1, 0.15) is 24.0 Å². The quantitative estimate of drug-likeness (QED) is 0.542. The molecule has 2 aliphatic rings. The fourth-order valence-corrected chi connectivity index (χ4v) is 4.75. The number of amides is 2. The lowest BCUT2D eigenvalue weighted by Crippen LogP contribution is -2.50. The van der Waals surface area contributed by atoms with E-state index in [1.165, 1.54) is 5.56 Å². The second kappa shape index (κ2) is 9.12. The smallest absolute Gasteiger partial charge is 0.246 e. The number of hydrogen-bond donors (Lipinski definition) is 0. The standard InChI is InChI=1S/C25H26N4O2S/c30-23(27-12-14-28(15-13-27)25(31)20-8-9-20)11-10-21-18-29(17-19-5-2-1-3-6-19)26-24(21)22-7-4-16-32-22/h1-7,10-11,16,18,20H,8-9,12-15,17H2/b11-10+. The molecule has 0 bridgehead atoms. The molecule has 3 heterocycles. The van der Waals surface area contributed by atoms with Gasteiger partial charge in [-0.05, 0) is 35.9 Å². The fraction of sp³-hybridized carbons (Fsp3) is 0.320. The number of carbonyl (C=O) groups is 2. The average Bonchev–Trinajstić information content (AvgIpc) is 3.38. The summed E-state index contributed by atoms with van der Waals surface area (Å²) in [5, 5.41) is 6.83. The highest BCUT2D eigenvalue weighted by atomic mass is 32.1. The average molecular weight is 447 g/mol. The zero-order chi connectivity index (χ0) is 21.9. The molecule has 3 aromatic rings. The monoisotopic (exact) mass is 446 g/mol. The maximum absolute atomic E-state index is 12.8. The number of thiophene rings is 1. The lowest BCUT2D eigenvalue weighted by molar-refractivity contribution is -0.138. The van der Waals surface area contributed by atoms with E-state index in [0.717, 1.165) is 29.0 Å². The van der Waals surface area contributed by atoms with Crippen LogP contribution in [-0.2, 0) is 16.1 Å². The predicted octanol–water partition coefficient (Wildman–Crippen LogP) is 3.75. The highest BCUT2D eigenvalue weighted by Crippen LogP contribution is 2.31. The van der Waals surface area contributed by atoms with Gasteiger partial charge < -0.3 is 9.80 Å². The minimum Gasteiger partial charge on any atom is -0.339 e. The first-order chi connectivity index (χ1) is 15.7. The van der Waals surface area contributed by atoms with Crippen molar-refractivity contribution < 1.29 is 9.59 Å². The van der Waals surface area contributed by atoms with Crippen molar-refractivity contribution in [3.63, 3.8) is 0 Å². The van der Waals surface area contributed by atoms with Crippen LogP contribution in [0, 0.1) is 5.92 Å². The number of nitrogens with zero attached hydrogens (tertiary/aromatic N) is 4. The fourth-order valence-electron chi connectivity index (χ4n) is 4.02. The summed E-state index contributed by atoms with van der Waals surface area (Å²) < 4.78 is 1.93.